The lowest BCUT2D eigenvalue weighted by Crippen LogP contribution is -2.49. The molecule has 0 aromatic rings. The van der Waals surface area contributed by atoms with E-state index in [4.69, 9.17) is 9.84 Å². The fraction of sp³-hybridized carbons (Fsp3) is 0.909. The molecule has 1 amide bonds. The number of hydrogen-bond acceptors (Lipinski definition) is 4. The molecule has 0 aromatic carbocycles. The molecule has 1 rings (SSSR count). The van der Waals surface area contributed by atoms with Gasteiger partial charge in [-0.05, 0) is 26.3 Å². The minimum atomic E-state index is -0.142. The smallest absolute Gasteiger partial charge is 0.239 e. The third-order valence-electron chi connectivity index (χ3n) is 2.73. The fourth-order valence-electron chi connectivity index (χ4n) is 1.70. The van der Waals surface area contributed by atoms with Crippen molar-refractivity contribution in [3.8, 4) is 0 Å². The van der Waals surface area contributed by atoms with Crippen LogP contribution in [-0.2, 0) is 9.53 Å². The van der Waals surface area contributed by atoms with Crippen LogP contribution in [0.5, 0.6) is 0 Å². The molecule has 0 aliphatic carbocycles. The molecule has 5 nitrogen and oxygen atoms in total. The van der Waals surface area contributed by atoms with Gasteiger partial charge >= 0.3 is 0 Å². The summed E-state index contributed by atoms with van der Waals surface area (Å²) in [6.07, 6.45) is 1.68. The molecule has 1 aliphatic rings. The van der Waals surface area contributed by atoms with E-state index in [2.05, 4.69) is 5.32 Å². The van der Waals surface area contributed by atoms with Crippen LogP contribution in [0.15, 0.2) is 0 Å². The topological polar surface area (TPSA) is 61.8 Å². The predicted molar refractivity (Wildman–Crippen MR) is 61.2 cm³/mol. The zero-order valence-corrected chi connectivity index (χ0v) is 9.95. The van der Waals surface area contributed by atoms with Gasteiger partial charge in [0.15, 0.2) is 0 Å². The second-order valence-corrected chi connectivity index (χ2v) is 4.04. The van der Waals surface area contributed by atoms with E-state index in [0.717, 1.165) is 19.4 Å². The number of aliphatic hydroxyl groups is 1. The highest BCUT2D eigenvalue weighted by atomic mass is 16.5. The minimum absolute atomic E-state index is 0.142. The molecule has 1 heterocycles. The third-order valence-corrected chi connectivity index (χ3v) is 2.73. The molecule has 2 N–H and O–H groups in total. The van der Waals surface area contributed by atoms with E-state index < -0.39 is 0 Å². The van der Waals surface area contributed by atoms with Crippen molar-refractivity contribution in [2.45, 2.75) is 25.8 Å². The lowest BCUT2D eigenvalue weighted by molar-refractivity contribution is -0.137. The first-order valence-electron chi connectivity index (χ1n) is 5.96. The number of unbranched alkanes of at least 4 members (excludes halogenated alkanes) is 1. The van der Waals surface area contributed by atoms with Crippen LogP contribution in [0.1, 0.15) is 19.8 Å². The van der Waals surface area contributed by atoms with Crippen LogP contribution < -0.4 is 5.32 Å². The van der Waals surface area contributed by atoms with Crippen LogP contribution in [0.4, 0.5) is 0 Å². The largest absolute Gasteiger partial charge is 0.396 e. The summed E-state index contributed by atoms with van der Waals surface area (Å²) in [5, 5.41) is 11.8. The van der Waals surface area contributed by atoms with Crippen molar-refractivity contribution >= 4 is 5.91 Å². The summed E-state index contributed by atoms with van der Waals surface area (Å²) in [7, 11) is 0. The lowest BCUT2D eigenvalue weighted by Gasteiger charge is -2.29. The number of rotatable bonds is 6. The molecule has 0 radical (unpaired) electrons. The van der Waals surface area contributed by atoms with Crippen LogP contribution in [0.2, 0.25) is 0 Å². The Bertz CT molecular complexity index is 205. The van der Waals surface area contributed by atoms with Crippen molar-refractivity contribution in [2.75, 3.05) is 39.5 Å². The first-order valence-corrected chi connectivity index (χ1v) is 5.96. The first kappa shape index (κ1) is 13.4. The molecule has 0 saturated carbocycles. The van der Waals surface area contributed by atoms with Crippen molar-refractivity contribution in [2.24, 2.45) is 0 Å². The molecule has 16 heavy (non-hydrogen) atoms. The average Bonchev–Trinajstić information content (AvgIpc) is 2.34. The van der Waals surface area contributed by atoms with Crippen molar-refractivity contribution in [1.29, 1.82) is 0 Å². The SMILES string of the molecule is CC(NCCCCO)C(=O)N1CCOCC1. The zero-order valence-electron chi connectivity index (χ0n) is 9.95. The molecule has 0 spiro atoms. The van der Waals surface area contributed by atoms with Gasteiger partial charge in [-0.3, -0.25) is 4.79 Å². The summed E-state index contributed by atoms with van der Waals surface area (Å²) in [5.41, 5.74) is 0. The van der Waals surface area contributed by atoms with Gasteiger partial charge in [0.2, 0.25) is 5.91 Å². The molecule has 1 fully saturated rings. The van der Waals surface area contributed by atoms with Gasteiger partial charge in [0, 0.05) is 19.7 Å². The minimum Gasteiger partial charge on any atom is -0.396 e. The van der Waals surface area contributed by atoms with E-state index in [1.807, 2.05) is 11.8 Å². The van der Waals surface area contributed by atoms with Crippen molar-refractivity contribution in [3.05, 3.63) is 0 Å². The van der Waals surface area contributed by atoms with Crippen molar-refractivity contribution in [1.82, 2.24) is 10.2 Å². The van der Waals surface area contributed by atoms with Gasteiger partial charge < -0.3 is 20.1 Å². The van der Waals surface area contributed by atoms with Gasteiger partial charge in [0.25, 0.3) is 0 Å². The molecule has 1 aliphatic heterocycles. The number of carbonyl (C=O) groups is 1. The molecular weight excluding hydrogens is 208 g/mol. The van der Waals surface area contributed by atoms with E-state index in [1.54, 1.807) is 0 Å². The van der Waals surface area contributed by atoms with Crippen molar-refractivity contribution in [3.63, 3.8) is 0 Å². The normalized spacial score (nSPS) is 18.5. The zero-order chi connectivity index (χ0) is 11.8. The molecule has 1 unspecified atom stereocenters. The lowest BCUT2D eigenvalue weighted by atomic mass is 10.2. The number of nitrogens with one attached hydrogen (secondary N) is 1. The highest BCUT2D eigenvalue weighted by molar-refractivity contribution is 5.81. The predicted octanol–water partition coefficient (Wildman–Crippen LogP) is -0.404. The summed E-state index contributed by atoms with van der Waals surface area (Å²) >= 11 is 0. The van der Waals surface area contributed by atoms with Gasteiger partial charge in [0.1, 0.15) is 0 Å². The second kappa shape index (κ2) is 7.60. The molecule has 5 heteroatoms. The Labute approximate surface area is 96.8 Å². The Balaban J connectivity index is 2.18. The standard InChI is InChI=1S/C11H22N2O3/c1-10(12-4-2-3-7-14)11(15)13-5-8-16-9-6-13/h10,12,14H,2-9H2,1H3. The van der Waals surface area contributed by atoms with E-state index in [0.29, 0.717) is 26.3 Å². The summed E-state index contributed by atoms with van der Waals surface area (Å²) in [4.78, 5) is 13.8. The molecule has 0 aromatic heterocycles. The summed E-state index contributed by atoms with van der Waals surface area (Å²) in [5.74, 6) is 0.146. The van der Waals surface area contributed by atoms with Crippen LogP contribution in [0.25, 0.3) is 0 Å². The van der Waals surface area contributed by atoms with Crippen LogP contribution in [-0.4, -0.2) is 61.4 Å². The Hall–Kier alpha value is -0.650. The molecule has 0 bridgehead atoms. The average molecular weight is 230 g/mol. The summed E-state index contributed by atoms with van der Waals surface area (Å²) in [6.45, 7) is 5.55. The molecule has 1 atom stereocenters. The maximum absolute atomic E-state index is 11.9. The highest BCUT2D eigenvalue weighted by Crippen LogP contribution is 2.00. The molecular formula is C11H22N2O3. The summed E-state index contributed by atoms with van der Waals surface area (Å²) in [6, 6.07) is -0.142. The second-order valence-electron chi connectivity index (χ2n) is 4.04. The third kappa shape index (κ3) is 4.47. The van der Waals surface area contributed by atoms with Gasteiger partial charge in [-0.15, -0.1) is 0 Å². The Morgan fingerprint density at radius 3 is 2.75 bits per heavy atom. The monoisotopic (exact) mass is 230 g/mol. The summed E-state index contributed by atoms with van der Waals surface area (Å²) < 4.78 is 5.20. The van der Waals surface area contributed by atoms with Gasteiger partial charge in [0.05, 0.1) is 19.3 Å². The van der Waals surface area contributed by atoms with Gasteiger partial charge in [-0.25, -0.2) is 0 Å². The maximum atomic E-state index is 11.9. The Morgan fingerprint density at radius 1 is 1.44 bits per heavy atom. The van der Waals surface area contributed by atoms with E-state index in [1.165, 1.54) is 0 Å². The molecule has 1 saturated heterocycles. The number of morpholine rings is 1. The molecule has 94 valence electrons. The maximum Gasteiger partial charge on any atom is 0.239 e. The van der Waals surface area contributed by atoms with Crippen LogP contribution in [0.3, 0.4) is 0 Å². The van der Waals surface area contributed by atoms with E-state index in [-0.39, 0.29) is 18.6 Å². The fourth-order valence-corrected chi connectivity index (χ4v) is 1.70. The number of amides is 1. The van der Waals surface area contributed by atoms with Crippen molar-refractivity contribution < 1.29 is 14.6 Å². The van der Waals surface area contributed by atoms with Gasteiger partial charge in [-0.1, -0.05) is 0 Å². The number of nitrogens with zero attached hydrogens (tertiary/aromatic N) is 1. The van der Waals surface area contributed by atoms with Crippen LogP contribution >= 0.6 is 0 Å². The number of aliphatic hydroxyl groups excluding tert-OH is 1. The van der Waals surface area contributed by atoms with Crippen LogP contribution in [0, 0.1) is 0 Å². The number of ether oxygens (including phenoxy) is 1. The van der Waals surface area contributed by atoms with Gasteiger partial charge in [-0.2, -0.15) is 0 Å². The Kier molecular flexibility index (Phi) is 6.37. The highest BCUT2D eigenvalue weighted by Gasteiger charge is 2.21. The van der Waals surface area contributed by atoms with E-state index in [9.17, 15) is 4.79 Å². The van der Waals surface area contributed by atoms with E-state index >= 15 is 0 Å². The Morgan fingerprint density at radius 2 is 2.12 bits per heavy atom. The number of hydrogen-bond donors (Lipinski definition) is 2. The quantitative estimate of drug-likeness (QED) is 0.609. The first-order chi connectivity index (χ1) is 7.75. The number of carbonyl (C=O) groups excluding carboxylic acids is 1.